The van der Waals surface area contributed by atoms with E-state index in [4.69, 9.17) is 4.11 Å². The van der Waals surface area contributed by atoms with Crippen LogP contribution >= 0.6 is 0 Å². The van der Waals surface area contributed by atoms with Crippen LogP contribution in [0.15, 0.2) is 60.7 Å². The zero-order chi connectivity index (χ0) is 21.8. The molecule has 1 saturated carbocycles. The van der Waals surface area contributed by atoms with Gasteiger partial charge in [0.1, 0.15) is 5.69 Å². The minimum Gasteiger partial charge on any atom is -0.202 e. The van der Waals surface area contributed by atoms with E-state index in [1.165, 1.54) is 18.4 Å². The molecule has 2 aromatic carbocycles. The molecule has 1 aliphatic carbocycles. The van der Waals surface area contributed by atoms with Crippen molar-refractivity contribution in [1.82, 2.24) is 4.57 Å². The van der Waals surface area contributed by atoms with Gasteiger partial charge in [0.25, 0.3) is 5.82 Å². The number of nitrogens with zero attached hydrogens (tertiary/aromatic N) is 2. The Kier molecular flexibility index (Phi) is 3.33. The van der Waals surface area contributed by atoms with Crippen molar-refractivity contribution in [2.75, 3.05) is 0 Å². The summed E-state index contributed by atoms with van der Waals surface area (Å²) in [5, 5.41) is 0. The summed E-state index contributed by atoms with van der Waals surface area (Å²) in [6.07, 6.45) is 9.09. The summed E-state index contributed by atoms with van der Waals surface area (Å²) in [5.74, 6) is 0.831. The lowest BCUT2D eigenvalue weighted by atomic mass is 9.67. The first-order valence-corrected chi connectivity index (χ1v) is 10.3. The van der Waals surface area contributed by atoms with Gasteiger partial charge in [0.15, 0.2) is 11.4 Å². The Morgan fingerprint density at radius 2 is 1.71 bits per heavy atom. The minimum absolute atomic E-state index is 0.296. The van der Waals surface area contributed by atoms with Crippen LogP contribution in [0.25, 0.3) is 11.9 Å². The van der Waals surface area contributed by atoms with E-state index in [2.05, 4.69) is 43.3 Å². The fraction of sp³-hybridized carbons (Fsp3) is 0.346. The number of imidazole rings is 1. The summed E-state index contributed by atoms with van der Waals surface area (Å²) in [6, 6.07) is 18.7. The molecule has 0 N–H and O–H groups in total. The van der Waals surface area contributed by atoms with Gasteiger partial charge in [-0.2, -0.15) is 4.57 Å². The second kappa shape index (κ2) is 6.48. The smallest absolute Gasteiger partial charge is 0.202 e. The van der Waals surface area contributed by atoms with Gasteiger partial charge in [-0.05, 0) is 49.0 Å². The molecule has 5 rings (SSSR count). The van der Waals surface area contributed by atoms with Crippen molar-refractivity contribution in [1.29, 1.82) is 0 Å². The minimum atomic E-state index is -2.24. The molecular formula is C26H29N2+. The fourth-order valence-corrected chi connectivity index (χ4v) is 5.57. The number of hydrogen-bond acceptors (Lipinski definition) is 0. The van der Waals surface area contributed by atoms with E-state index in [9.17, 15) is 0 Å². The normalized spacial score (nSPS) is 23.4. The first-order valence-electron chi connectivity index (χ1n) is 11.8. The maximum atomic E-state index is 8.42. The van der Waals surface area contributed by atoms with Crippen LogP contribution in [-0.2, 0) is 5.41 Å². The van der Waals surface area contributed by atoms with E-state index in [0.29, 0.717) is 11.7 Å². The molecule has 28 heavy (non-hydrogen) atoms. The zero-order valence-electron chi connectivity index (χ0n) is 19.7. The second-order valence-corrected chi connectivity index (χ2v) is 8.28. The molecule has 1 fully saturated rings. The summed E-state index contributed by atoms with van der Waals surface area (Å²) in [6.45, 7) is 1.90. The van der Waals surface area contributed by atoms with Gasteiger partial charge < -0.3 is 0 Å². The van der Waals surface area contributed by atoms with E-state index < -0.39 is 6.85 Å². The van der Waals surface area contributed by atoms with E-state index in [1.807, 2.05) is 46.5 Å². The Hall–Kier alpha value is -2.61. The average molecular weight is 373 g/mol. The SMILES string of the molecule is [2H]C([2H])([2H])c1n(-c2ccccc2C)c(C)c2[n+]1C=CC2(c1ccccc1)C1CCCC1. The fourth-order valence-electron chi connectivity index (χ4n) is 5.57. The monoisotopic (exact) mass is 372 g/mol. The highest BCUT2D eigenvalue weighted by Gasteiger charge is 2.51. The standard InChI is InChI=1S/C26H29N2/c1-19-11-7-10-16-24(19)28-20(2)25-26(23-14-8-9-15-23,17-18-27(25)21(28)3)22-12-5-4-6-13-22/h4-7,10-13,16-18,23H,8-9,14-15H2,1-3H3/q+1/i3D3. The van der Waals surface area contributed by atoms with Crippen molar-refractivity contribution in [3.63, 3.8) is 0 Å². The molecule has 1 atom stereocenters. The molecule has 2 aliphatic rings. The molecule has 3 aromatic rings. The first kappa shape index (κ1) is 14.4. The van der Waals surface area contributed by atoms with Crippen molar-refractivity contribution >= 4 is 6.20 Å². The van der Waals surface area contributed by atoms with Gasteiger partial charge in [0, 0.05) is 17.9 Å². The lowest BCUT2D eigenvalue weighted by Crippen LogP contribution is -2.40. The van der Waals surface area contributed by atoms with Crippen LogP contribution in [0.1, 0.15) is 58.1 Å². The Balaban J connectivity index is 1.86. The third kappa shape index (κ3) is 2.30. The van der Waals surface area contributed by atoms with E-state index in [-0.39, 0.29) is 5.41 Å². The van der Waals surface area contributed by atoms with E-state index in [0.717, 1.165) is 35.5 Å². The highest BCUT2D eigenvalue weighted by atomic mass is 15.2. The molecule has 1 aromatic heterocycles. The van der Waals surface area contributed by atoms with Gasteiger partial charge >= 0.3 is 0 Å². The Labute approximate surface area is 172 Å². The van der Waals surface area contributed by atoms with Crippen LogP contribution < -0.4 is 4.57 Å². The average Bonchev–Trinajstić information content (AvgIpc) is 3.46. The third-order valence-electron chi connectivity index (χ3n) is 6.84. The summed E-state index contributed by atoms with van der Waals surface area (Å²) >= 11 is 0. The lowest BCUT2D eigenvalue weighted by molar-refractivity contribution is -0.581. The number of rotatable bonds is 3. The molecule has 1 unspecified atom stereocenters. The van der Waals surface area contributed by atoms with E-state index in [1.54, 1.807) is 0 Å². The molecule has 2 heterocycles. The van der Waals surface area contributed by atoms with Crippen LogP contribution in [0, 0.1) is 26.6 Å². The van der Waals surface area contributed by atoms with Crippen molar-refractivity contribution in [3.8, 4) is 5.69 Å². The van der Waals surface area contributed by atoms with Gasteiger partial charge in [-0.3, -0.25) is 0 Å². The highest BCUT2D eigenvalue weighted by Crippen LogP contribution is 2.50. The van der Waals surface area contributed by atoms with Gasteiger partial charge in [-0.15, -0.1) is 0 Å². The van der Waals surface area contributed by atoms with Gasteiger partial charge in [0.05, 0.1) is 11.6 Å². The number of benzene rings is 2. The summed E-state index contributed by atoms with van der Waals surface area (Å²) in [7, 11) is 0. The molecule has 142 valence electrons. The Morgan fingerprint density at radius 3 is 2.43 bits per heavy atom. The van der Waals surface area contributed by atoms with Crippen LogP contribution in [0.4, 0.5) is 0 Å². The van der Waals surface area contributed by atoms with Crippen LogP contribution in [0.3, 0.4) is 0 Å². The maximum absolute atomic E-state index is 8.42. The molecule has 2 nitrogen and oxygen atoms in total. The third-order valence-corrected chi connectivity index (χ3v) is 6.84. The summed E-state index contributed by atoms with van der Waals surface area (Å²) in [5.41, 5.74) is 5.10. The number of aryl methyl sites for hydroxylation is 1. The number of allylic oxidation sites excluding steroid dienone is 1. The van der Waals surface area contributed by atoms with Crippen molar-refractivity contribution in [2.45, 2.75) is 51.8 Å². The summed E-state index contributed by atoms with van der Waals surface area (Å²) in [4.78, 5) is 0. The predicted octanol–water partition coefficient (Wildman–Crippen LogP) is 5.65. The van der Waals surface area contributed by atoms with E-state index >= 15 is 0 Å². The van der Waals surface area contributed by atoms with Gasteiger partial charge in [0.2, 0.25) is 0 Å². The van der Waals surface area contributed by atoms with Crippen LogP contribution in [-0.4, -0.2) is 4.57 Å². The van der Waals surface area contributed by atoms with Crippen molar-refractivity contribution in [3.05, 3.63) is 89.0 Å². The largest absolute Gasteiger partial charge is 0.263 e. The molecule has 0 bridgehead atoms. The molecule has 0 saturated heterocycles. The number of aromatic nitrogens is 2. The maximum Gasteiger partial charge on any atom is 0.263 e. The first-order chi connectivity index (χ1) is 14.9. The number of fused-ring (bicyclic) bond motifs is 1. The topological polar surface area (TPSA) is 8.81 Å². The van der Waals surface area contributed by atoms with Crippen LogP contribution in [0.5, 0.6) is 0 Å². The molecule has 2 heteroatoms. The summed E-state index contributed by atoms with van der Waals surface area (Å²) < 4.78 is 29.2. The Morgan fingerprint density at radius 1 is 1.00 bits per heavy atom. The number of para-hydroxylation sites is 1. The van der Waals surface area contributed by atoms with Gasteiger partial charge in [-0.25, -0.2) is 4.57 Å². The molecule has 0 radical (unpaired) electrons. The van der Waals surface area contributed by atoms with Gasteiger partial charge in [-0.1, -0.05) is 61.4 Å². The lowest BCUT2D eigenvalue weighted by Gasteiger charge is -2.32. The zero-order valence-corrected chi connectivity index (χ0v) is 16.7. The second-order valence-electron chi connectivity index (χ2n) is 8.28. The van der Waals surface area contributed by atoms with Crippen molar-refractivity contribution < 1.29 is 8.68 Å². The van der Waals surface area contributed by atoms with Crippen LogP contribution in [0.2, 0.25) is 0 Å². The Bertz CT molecular complexity index is 1150. The molecule has 0 spiro atoms. The highest BCUT2D eigenvalue weighted by molar-refractivity contribution is 5.52. The van der Waals surface area contributed by atoms with Crippen molar-refractivity contribution in [2.24, 2.45) is 5.92 Å². The quantitative estimate of drug-likeness (QED) is 0.525. The number of hydrogen-bond donors (Lipinski definition) is 0. The molecule has 0 amide bonds. The molecule has 1 aliphatic heterocycles. The predicted molar refractivity (Wildman–Crippen MR) is 115 cm³/mol. The molecular weight excluding hydrogens is 340 g/mol.